The fourth-order valence-corrected chi connectivity index (χ4v) is 2.93. The summed E-state index contributed by atoms with van der Waals surface area (Å²) in [5, 5.41) is 7.23. The summed E-state index contributed by atoms with van der Waals surface area (Å²) in [6.45, 7) is 0. The van der Waals surface area contributed by atoms with Gasteiger partial charge < -0.3 is 5.32 Å². The van der Waals surface area contributed by atoms with E-state index in [0.717, 1.165) is 16.0 Å². The van der Waals surface area contributed by atoms with Crippen molar-refractivity contribution in [2.24, 2.45) is 0 Å². The fourth-order valence-electron chi connectivity index (χ4n) is 1.65. The van der Waals surface area contributed by atoms with Gasteiger partial charge in [-0.3, -0.25) is 0 Å². The minimum absolute atomic E-state index is 0.267. The Morgan fingerprint density at radius 2 is 2.00 bits per heavy atom. The second-order valence-corrected chi connectivity index (χ2v) is 5.90. The van der Waals surface area contributed by atoms with Crippen molar-refractivity contribution in [3.8, 4) is 0 Å². The first-order chi connectivity index (χ1) is 9.15. The normalized spacial score (nSPS) is 10.9. The Morgan fingerprint density at radius 1 is 1.21 bits per heavy atom. The Morgan fingerprint density at radius 3 is 2.79 bits per heavy atom. The third-order valence-corrected chi connectivity index (χ3v) is 4.05. The lowest BCUT2D eigenvalue weighted by atomic mass is 10.2. The first-order valence-electron chi connectivity index (χ1n) is 5.28. The number of fused-ring (bicyclic) bond motifs is 1. The van der Waals surface area contributed by atoms with Crippen LogP contribution < -0.4 is 5.32 Å². The zero-order valence-corrected chi connectivity index (χ0v) is 12.5. The van der Waals surface area contributed by atoms with Crippen molar-refractivity contribution in [1.29, 1.82) is 0 Å². The van der Waals surface area contributed by atoms with Crippen LogP contribution in [0.15, 0.2) is 34.8 Å². The highest BCUT2D eigenvalue weighted by Gasteiger charge is 2.11. The van der Waals surface area contributed by atoms with E-state index in [0.29, 0.717) is 21.1 Å². The number of rotatable bonds is 2. The highest BCUT2D eigenvalue weighted by Crippen LogP contribution is 2.31. The lowest BCUT2D eigenvalue weighted by Gasteiger charge is -2.09. The first kappa shape index (κ1) is 12.8. The summed E-state index contributed by atoms with van der Waals surface area (Å²) in [6.07, 6.45) is 0. The van der Waals surface area contributed by atoms with Gasteiger partial charge in [0.1, 0.15) is 5.52 Å². The van der Waals surface area contributed by atoms with E-state index in [2.05, 4.69) is 30.8 Å². The van der Waals surface area contributed by atoms with Gasteiger partial charge in [-0.2, -0.15) is 0 Å². The van der Waals surface area contributed by atoms with E-state index in [9.17, 15) is 4.39 Å². The van der Waals surface area contributed by atoms with Crippen molar-refractivity contribution in [2.75, 3.05) is 5.32 Å². The van der Waals surface area contributed by atoms with Gasteiger partial charge in [-0.15, -0.1) is 5.10 Å². The molecule has 7 heteroatoms. The van der Waals surface area contributed by atoms with Gasteiger partial charge in [0.2, 0.25) is 0 Å². The van der Waals surface area contributed by atoms with Crippen LogP contribution >= 0.6 is 39.1 Å². The predicted octanol–water partition coefficient (Wildman–Crippen LogP) is 4.99. The van der Waals surface area contributed by atoms with Gasteiger partial charge in [-0.05, 0) is 41.9 Å². The third-order valence-electron chi connectivity index (χ3n) is 2.56. The number of aromatic nitrogens is 2. The van der Waals surface area contributed by atoms with Crippen molar-refractivity contribution in [3.63, 3.8) is 0 Å². The summed E-state index contributed by atoms with van der Waals surface area (Å²) < 4.78 is 19.5. The molecule has 0 unspecified atom stereocenters. The van der Waals surface area contributed by atoms with Crippen molar-refractivity contribution in [1.82, 2.24) is 9.59 Å². The Labute approximate surface area is 125 Å². The molecule has 0 atom stereocenters. The Kier molecular flexibility index (Phi) is 3.38. The lowest BCUT2D eigenvalue weighted by Crippen LogP contribution is -1.95. The fraction of sp³-hybridized carbons (Fsp3) is 0. The molecule has 0 aliphatic carbocycles. The smallest absolute Gasteiger partial charge is 0.175 e. The summed E-state index contributed by atoms with van der Waals surface area (Å²) in [5.74, 6) is -0.426. The van der Waals surface area contributed by atoms with Gasteiger partial charge in [0, 0.05) is 4.47 Å². The molecular weight excluding hydrogens is 353 g/mol. The van der Waals surface area contributed by atoms with Crippen LogP contribution in [-0.4, -0.2) is 9.59 Å². The molecule has 3 rings (SSSR count). The monoisotopic (exact) mass is 357 g/mol. The third kappa shape index (κ3) is 2.43. The number of nitrogens with one attached hydrogen (secondary N) is 1. The summed E-state index contributed by atoms with van der Waals surface area (Å²) in [5.41, 5.74) is 1.22. The van der Waals surface area contributed by atoms with Crippen LogP contribution in [0.4, 0.5) is 15.8 Å². The van der Waals surface area contributed by atoms with Crippen LogP contribution in [-0.2, 0) is 0 Å². The number of nitrogens with zero attached hydrogens (tertiary/aromatic N) is 2. The maximum atomic E-state index is 14.2. The Hall–Kier alpha value is -1.24. The average molecular weight is 359 g/mol. The number of anilines is 2. The largest absolute Gasteiger partial charge is 0.352 e. The molecule has 1 heterocycles. The summed E-state index contributed by atoms with van der Waals surface area (Å²) >= 11 is 10.6. The topological polar surface area (TPSA) is 37.8 Å². The predicted molar refractivity (Wildman–Crippen MR) is 79.8 cm³/mol. The maximum Gasteiger partial charge on any atom is 0.175 e. The van der Waals surface area contributed by atoms with Crippen LogP contribution in [0.1, 0.15) is 0 Å². The molecule has 96 valence electrons. The SMILES string of the molecule is Fc1c(Nc2ccc(Br)cc2Cl)ccc2snnc12. The zero-order chi connectivity index (χ0) is 13.4. The number of hydrogen-bond acceptors (Lipinski definition) is 4. The molecule has 0 amide bonds. The molecular formula is C12H6BrClFN3S. The van der Waals surface area contributed by atoms with Gasteiger partial charge in [0.25, 0.3) is 0 Å². The van der Waals surface area contributed by atoms with Gasteiger partial charge in [-0.25, -0.2) is 4.39 Å². The first-order valence-corrected chi connectivity index (χ1v) is 7.22. The summed E-state index contributed by atoms with van der Waals surface area (Å²) in [6, 6.07) is 8.77. The zero-order valence-electron chi connectivity index (χ0n) is 9.32. The van der Waals surface area contributed by atoms with Crippen LogP contribution in [0, 0.1) is 5.82 Å². The van der Waals surface area contributed by atoms with Crippen molar-refractivity contribution < 1.29 is 4.39 Å². The summed E-state index contributed by atoms with van der Waals surface area (Å²) in [4.78, 5) is 0. The molecule has 1 N–H and O–H groups in total. The average Bonchev–Trinajstić information content (AvgIpc) is 2.85. The second-order valence-electron chi connectivity index (χ2n) is 3.80. The van der Waals surface area contributed by atoms with E-state index in [1.165, 1.54) is 0 Å². The van der Waals surface area contributed by atoms with Gasteiger partial charge in [0.15, 0.2) is 5.82 Å². The molecule has 19 heavy (non-hydrogen) atoms. The van der Waals surface area contributed by atoms with Crippen LogP contribution in [0.5, 0.6) is 0 Å². The number of halogens is 3. The minimum Gasteiger partial charge on any atom is -0.352 e. The number of benzene rings is 2. The molecule has 0 spiro atoms. The molecule has 0 aliphatic rings. The highest BCUT2D eigenvalue weighted by molar-refractivity contribution is 9.10. The minimum atomic E-state index is -0.426. The molecule has 1 aromatic heterocycles. The van der Waals surface area contributed by atoms with Crippen molar-refractivity contribution >= 4 is 60.7 Å². The maximum absolute atomic E-state index is 14.2. The van der Waals surface area contributed by atoms with E-state index in [1.807, 2.05) is 6.07 Å². The van der Waals surface area contributed by atoms with E-state index >= 15 is 0 Å². The number of hydrogen-bond donors (Lipinski definition) is 1. The molecule has 2 aromatic carbocycles. The van der Waals surface area contributed by atoms with Crippen LogP contribution in [0.25, 0.3) is 10.2 Å². The molecule has 3 nitrogen and oxygen atoms in total. The van der Waals surface area contributed by atoms with Crippen LogP contribution in [0.2, 0.25) is 5.02 Å². The summed E-state index contributed by atoms with van der Waals surface area (Å²) in [7, 11) is 0. The van der Waals surface area contributed by atoms with Crippen molar-refractivity contribution in [3.05, 3.63) is 45.6 Å². The molecule has 0 aliphatic heterocycles. The molecule has 0 radical (unpaired) electrons. The van der Waals surface area contributed by atoms with Gasteiger partial charge in [-0.1, -0.05) is 32.0 Å². The molecule has 0 fully saturated rings. The molecule has 0 saturated heterocycles. The van der Waals surface area contributed by atoms with Crippen LogP contribution in [0.3, 0.4) is 0 Å². The molecule has 3 aromatic rings. The lowest BCUT2D eigenvalue weighted by molar-refractivity contribution is 0.640. The Bertz CT molecular complexity index is 762. The van der Waals surface area contributed by atoms with E-state index in [-0.39, 0.29) is 5.52 Å². The highest BCUT2D eigenvalue weighted by atomic mass is 79.9. The van der Waals surface area contributed by atoms with Gasteiger partial charge >= 0.3 is 0 Å². The Balaban J connectivity index is 2.03. The molecule has 0 saturated carbocycles. The molecule has 0 bridgehead atoms. The van der Waals surface area contributed by atoms with E-state index in [1.54, 1.807) is 24.3 Å². The van der Waals surface area contributed by atoms with E-state index < -0.39 is 5.82 Å². The van der Waals surface area contributed by atoms with Gasteiger partial charge in [0.05, 0.1) is 21.1 Å². The van der Waals surface area contributed by atoms with E-state index in [4.69, 9.17) is 11.6 Å². The van der Waals surface area contributed by atoms with Crippen molar-refractivity contribution in [2.45, 2.75) is 0 Å². The second kappa shape index (κ2) is 5.03. The standard InChI is InChI=1S/C12H6BrClFN3S/c13-6-1-2-8(7(14)5-6)16-9-3-4-10-12(11(9)15)17-18-19-10/h1-5,16H. The quantitative estimate of drug-likeness (QED) is 0.701.